The fourth-order valence-electron chi connectivity index (χ4n) is 1.15. The van der Waals surface area contributed by atoms with E-state index in [0.29, 0.717) is 11.4 Å². The molecular weight excluding hydrogens is 210 g/mol. The van der Waals surface area contributed by atoms with Gasteiger partial charge in [-0.05, 0) is 6.92 Å². The maximum atomic E-state index is 10.6. The Morgan fingerprint density at radius 2 is 1.88 bits per heavy atom. The van der Waals surface area contributed by atoms with Crippen LogP contribution in [0.15, 0.2) is 24.3 Å². The summed E-state index contributed by atoms with van der Waals surface area (Å²) in [6.07, 6.45) is 0. The van der Waals surface area contributed by atoms with E-state index in [2.05, 4.69) is 20.4 Å². The molecule has 2 aromatic rings. The molecule has 0 amide bonds. The SMILES string of the molecule is Cc1nnc(-c2cccc([N+](=O)[O-])c2)nn1. The monoisotopic (exact) mass is 217 g/mol. The number of non-ortho nitro benzene ring substituents is 1. The summed E-state index contributed by atoms with van der Waals surface area (Å²) in [5, 5.41) is 25.7. The van der Waals surface area contributed by atoms with Crippen molar-refractivity contribution in [1.29, 1.82) is 0 Å². The van der Waals surface area contributed by atoms with Gasteiger partial charge in [0.25, 0.3) is 5.69 Å². The van der Waals surface area contributed by atoms with E-state index >= 15 is 0 Å². The molecule has 16 heavy (non-hydrogen) atoms. The van der Waals surface area contributed by atoms with E-state index < -0.39 is 4.92 Å². The molecule has 0 saturated carbocycles. The Morgan fingerprint density at radius 3 is 2.50 bits per heavy atom. The lowest BCUT2D eigenvalue weighted by Gasteiger charge is -1.97. The predicted molar refractivity (Wildman–Crippen MR) is 54.4 cm³/mol. The molecule has 0 saturated heterocycles. The summed E-state index contributed by atoms with van der Waals surface area (Å²) < 4.78 is 0. The fraction of sp³-hybridized carbons (Fsp3) is 0.111. The van der Waals surface area contributed by atoms with Crippen LogP contribution < -0.4 is 0 Å². The van der Waals surface area contributed by atoms with Gasteiger partial charge in [0.2, 0.25) is 5.82 Å². The van der Waals surface area contributed by atoms with Gasteiger partial charge in [0, 0.05) is 17.7 Å². The zero-order chi connectivity index (χ0) is 11.5. The Morgan fingerprint density at radius 1 is 1.19 bits per heavy atom. The minimum atomic E-state index is -0.474. The van der Waals surface area contributed by atoms with E-state index in [1.54, 1.807) is 19.1 Å². The number of rotatable bonds is 2. The number of nitro benzene ring substituents is 1. The van der Waals surface area contributed by atoms with Crippen LogP contribution in [0.2, 0.25) is 0 Å². The van der Waals surface area contributed by atoms with Crippen LogP contribution in [0.5, 0.6) is 0 Å². The standard InChI is InChI=1S/C9H7N5O2/c1-6-10-12-9(13-11-6)7-3-2-4-8(5-7)14(15)16/h2-5H,1H3. The Labute approximate surface area is 90.3 Å². The highest BCUT2D eigenvalue weighted by Crippen LogP contribution is 2.19. The molecular formula is C9H7N5O2. The van der Waals surface area contributed by atoms with E-state index in [1.807, 2.05) is 0 Å². The third-order valence-corrected chi connectivity index (χ3v) is 1.89. The number of nitro groups is 1. The summed E-state index contributed by atoms with van der Waals surface area (Å²) in [4.78, 5) is 10.1. The summed E-state index contributed by atoms with van der Waals surface area (Å²) in [6.45, 7) is 1.66. The number of aromatic nitrogens is 4. The van der Waals surface area contributed by atoms with Crippen molar-refractivity contribution in [1.82, 2.24) is 20.4 Å². The first kappa shape index (κ1) is 10.1. The van der Waals surface area contributed by atoms with Crippen molar-refractivity contribution < 1.29 is 4.92 Å². The van der Waals surface area contributed by atoms with Gasteiger partial charge in [-0.1, -0.05) is 12.1 Å². The topological polar surface area (TPSA) is 94.7 Å². The molecule has 0 aliphatic carbocycles. The summed E-state index contributed by atoms with van der Waals surface area (Å²) in [5.41, 5.74) is 0.510. The van der Waals surface area contributed by atoms with Crippen LogP contribution in [0.1, 0.15) is 5.82 Å². The van der Waals surface area contributed by atoms with Crippen LogP contribution in [-0.4, -0.2) is 25.3 Å². The molecule has 0 bridgehead atoms. The van der Waals surface area contributed by atoms with Crippen molar-refractivity contribution in [2.75, 3.05) is 0 Å². The van der Waals surface area contributed by atoms with E-state index in [0.717, 1.165) is 0 Å². The third-order valence-electron chi connectivity index (χ3n) is 1.89. The number of aryl methyl sites for hydroxylation is 1. The van der Waals surface area contributed by atoms with Gasteiger partial charge in [-0.3, -0.25) is 10.1 Å². The molecule has 7 nitrogen and oxygen atoms in total. The van der Waals surface area contributed by atoms with Gasteiger partial charge in [-0.25, -0.2) is 0 Å². The molecule has 0 unspecified atom stereocenters. The van der Waals surface area contributed by atoms with Crippen LogP contribution in [0.25, 0.3) is 11.4 Å². The molecule has 0 spiro atoms. The van der Waals surface area contributed by atoms with Crippen molar-refractivity contribution in [2.45, 2.75) is 6.92 Å². The highest BCUT2D eigenvalue weighted by molar-refractivity contribution is 5.58. The zero-order valence-corrected chi connectivity index (χ0v) is 8.36. The molecule has 1 aromatic carbocycles. The van der Waals surface area contributed by atoms with Gasteiger partial charge in [-0.2, -0.15) is 0 Å². The van der Waals surface area contributed by atoms with E-state index in [9.17, 15) is 10.1 Å². The van der Waals surface area contributed by atoms with Crippen molar-refractivity contribution in [2.24, 2.45) is 0 Å². The molecule has 0 aliphatic heterocycles. The van der Waals surface area contributed by atoms with Gasteiger partial charge >= 0.3 is 0 Å². The zero-order valence-electron chi connectivity index (χ0n) is 8.36. The third kappa shape index (κ3) is 1.97. The van der Waals surface area contributed by atoms with E-state index in [4.69, 9.17) is 0 Å². The molecule has 2 rings (SSSR count). The van der Waals surface area contributed by atoms with Gasteiger partial charge < -0.3 is 0 Å². The van der Waals surface area contributed by atoms with Crippen molar-refractivity contribution in [3.8, 4) is 11.4 Å². The molecule has 0 fully saturated rings. The predicted octanol–water partition coefficient (Wildman–Crippen LogP) is 1.15. The summed E-state index contributed by atoms with van der Waals surface area (Å²) in [7, 11) is 0. The lowest BCUT2D eigenvalue weighted by Crippen LogP contribution is -1.98. The average molecular weight is 217 g/mol. The van der Waals surface area contributed by atoms with Gasteiger partial charge in [0.05, 0.1) is 4.92 Å². The van der Waals surface area contributed by atoms with Crippen LogP contribution in [0, 0.1) is 17.0 Å². The van der Waals surface area contributed by atoms with E-state index in [1.165, 1.54) is 12.1 Å². The second kappa shape index (κ2) is 3.97. The molecule has 0 N–H and O–H groups in total. The quantitative estimate of drug-likeness (QED) is 0.553. The first-order chi connectivity index (χ1) is 7.66. The molecule has 0 atom stereocenters. The lowest BCUT2D eigenvalue weighted by atomic mass is 10.2. The Bertz CT molecular complexity index is 526. The molecule has 1 aromatic heterocycles. The minimum absolute atomic E-state index is 0.0123. The fourth-order valence-corrected chi connectivity index (χ4v) is 1.15. The first-order valence-corrected chi connectivity index (χ1v) is 4.45. The molecule has 80 valence electrons. The second-order valence-corrected chi connectivity index (χ2v) is 3.08. The molecule has 0 aliphatic rings. The molecule has 7 heteroatoms. The van der Waals surface area contributed by atoms with Gasteiger partial charge in [0.15, 0.2) is 5.82 Å². The second-order valence-electron chi connectivity index (χ2n) is 3.08. The minimum Gasteiger partial charge on any atom is -0.258 e. The summed E-state index contributed by atoms with van der Waals surface area (Å²) in [5.74, 6) is 0.725. The van der Waals surface area contributed by atoms with Crippen LogP contribution in [0.4, 0.5) is 5.69 Å². The lowest BCUT2D eigenvalue weighted by molar-refractivity contribution is -0.384. The number of hydrogen-bond donors (Lipinski definition) is 0. The Hall–Kier alpha value is -2.44. The highest BCUT2D eigenvalue weighted by Gasteiger charge is 2.09. The van der Waals surface area contributed by atoms with E-state index in [-0.39, 0.29) is 11.5 Å². The average Bonchev–Trinajstić information content (AvgIpc) is 2.30. The molecule has 1 heterocycles. The van der Waals surface area contributed by atoms with Crippen LogP contribution in [0.3, 0.4) is 0 Å². The smallest absolute Gasteiger partial charge is 0.258 e. The normalized spacial score (nSPS) is 10.1. The summed E-state index contributed by atoms with van der Waals surface area (Å²) in [6, 6.07) is 6.02. The molecule has 0 radical (unpaired) electrons. The Balaban J connectivity index is 2.44. The number of nitrogens with zero attached hydrogens (tertiary/aromatic N) is 5. The van der Waals surface area contributed by atoms with Gasteiger partial charge in [0.1, 0.15) is 0 Å². The summed E-state index contributed by atoms with van der Waals surface area (Å²) >= 11 is 0. The van der Waals surface area contributed by atoms with Crippen molar-refractivity contribution in [3.05, 3.63) is 40.2 Å². The number of hydrogen-bond acceptors (Lipinski definition) is 6. The highest BCUT2D eigenvalue weighted by atomic mass is 16.6. The maximum absolute atomic E-state index is 10.6. The van der Waals surface area contributed by atoms with Gasteiger partial charge in [-0.15, -0.1) is 20.4 Å². The number of benzene rings is 1. The van der Waals surface area contributed by atoms with Crippen LogP contribution in [-0.2, 0) is 0 Å². The maximum Gasteiger partial charge on any atom is 0.270 e. The van der Waals surface area contributed by atoms with Crippen LogP contribution >= 0.6 is 0 Å². The van der Waals surface area contributed by atoms with Crippen molar-refractivity contribution >= 4 is 5.69 Å². The Kier molecular flexibility index (Phi) is 2.50. The largest absolute Gasteiger partial charge is 0.270 e. The first-order valence-electron chi connectivity index (χ1n) is 4.45. The van der Waals surface area contributed by atoms with Crippen molar-refractivity contribution in [3.63, 3.8) is 0 Å².